The van der Waals surface area contributed by atoms with Crippen molar-refractivity contribution in [2.45, 2.75) is 4.90 Å². The van der Waals surface area contributed by atoms with E-state index in [1.54, 1.807) is 18.2 Å². The molecule has 3 N–H and O–H groups in total. The zero-order valence-corrected chi connectivity index (χ0v) is 10.6. The molecule has 0 aliphatic rings. The number of nitrogens with zero attached hydrogens (tertiary/aromatic N) is 1. The first-order valence-electron chi connectivity index (χ1n) is 5.34. The number of sulfonamides is 1. The average Bonchev–Trinajstić information content (AvgIpc) is 2.88. The Labute approximate surface area is 110 Å². The Hall–Kier alpha value is -2.30. The summed E-state index contributed by atoms with van der Waals surface area (Å²) in [6, 6.07) is 6.31. The fourth-order valence-corrected chi connectivity index (χ4v) is 2.65. The van der Waals surface area contributed by atoms with Crippen LogP contribution in [-0.4, -0.2) is 30.3 Å². The lowest BCUT2D eigenvalue weighted by Crippen LogP contribution is -2.13. The van der Waals surface area contributed by atoms with E-state index in [9.17, 15) is 8.42 Å². The lowest BCUT2D eigenvalue weighted by molar-refractivity contribution is 0.350. The monoisotopic (exact) mass is 277 g/mol. The van der Waals surface area contributed by atoms with E-state index in [1.807, 2.05) is 0 Å². The van der Waals surface area contributed by atoms with E-state index in [2.05, 4.69) is 26.8 Å². The van der Waals surface area contributed by atoms with Crippen molar-refractivity contribution in [2.75, 3.05) is 11.3 Å². The number of aliphatic hydroxyl groups is 1. The molecule has 6 nitrogen and oxygen atoms in total. The highest BCUT2D eigenvalue weighted by Crippen LogP contribution is 2.18. The molecule has 0 aliphatic heterocycles. The van der Waals surface area contributed by atoms with Gasteiger partial charge < -0.3 is 5.11 Å². The molecule has 0 bridgehead atoms. The summed E-state index contributed by atoms with van der Waals surface area (Å²) in [6.07, 6.45) is 2.79. The Balaban J connectivity index is 2.40. The number of aromatic nitrogens is 2. The second kappa shape index (κ2) is 5.56. The third kappa shape index (κ3) is 3.13. The molecule has 19 heavy (non-hydrogen) atoms. The summed E-state index contributed by atoms with van der Waals surface area (Å²) >= 11 is 0. The molecule has 1 aromatic carbocycles. The molecule has 7 heteroatoms. The molecule has 2 rings (SSSR count). The summed E-state index contributed by atoms with van der Waals surface area (Å²) in [5.41, 5.74) is 0.664. The summed E-state index contributed by atoms with van der Waals surface area (Å²) in [5.74, 6) is 5.04. The third-order valence-electron chi connectivity index (χ3n) is 2.23. The highest BCUT2D eigenvalue weighted by Gasteiger charge is 2.17. The topological polar surface area (TPSA) is 95.1 Å². The van der Waals surface area contributed by atoms with E-state index in [0.717, 1.165) is 0 Å². The van der Waals surface area contributed by atoms with Crippen molar-refractivity contribution in [1.29, 1.82) is 0 Å². The molecule has 0 atom stereocenters. The Morgan fingerprint density at radius 3 is 2.84 bits per heavy atom. The van der Waals surface area contributed by atoms with Gasteiger partial charge in [0.2, 0.25) is 0 Å². The van der Waals surface area contributed by atoms with Gasteiger partial charge in [-0.1, -0.05) is 24.0 Å². The first-order chi connectivity index (χ1) is 9.13. The molecule has 0 aliphatic carbocycles. The number of hydrogen-bond donors (Lipinski definition) is 3. The molecule has 0 amide bonds. The number of hydrogen-bond acceptors (Lipinski definition) is 4. The summed E-state index contributed by atoms with van der Waals surface area (Å²) in [5, 5.41) is 14.9. The van der Waals surface area contributed by atoms with Gasteiger partial charge in [0.25, 0.3) is 10.0 Å². The maximum Gasteiger partial charge on any atom is 0.263 e. The van der Waals surface area contributed by atoms with Crippen LogP contribution in [0.1, 0.15) is 5.56 Å². The van der Waals surface area contributed by atoms with E-state index in [1.165, 1.54) is 18.5 Å². The smallest absolute Gasteiger partial charge is 0.263 e. The average molecular weight is 277 g/mol. The van der Waals surface area contributed by atoms with Gasteiger partial charge in [-0.2, -0.15) is 5.10 Å². The first-order valence-corrected chi connectivity index (χ1v) is 6.82. The van der Waals surface area contributed by atoms with E-state index < -0.39 is 10.0 Å². The van der Waals surface area contributed by atoms with Gasteiger partial charge >= 0.3 is 0 Å². The van der Waals surface area contributed by atoms with E-state index >= 15 is 0 Å². The van der Waals surface area contributed by atoms with E-state index in [0.29, 0.717) is 11.3 Å². The van der Waals surface area contributed by atoms with Crippen molar-refractivity contribution in [3.8, 4) is 11.8 Å². The van der Waals surface area contributed by atoms with Crippen LogP contribution in [0, 0.1) is 11.8 Å². The fourth-order valence-electron chi connectivity index (χ4n) is 1.46. The van der Waals surface area contributed by atoms with Crippen molar-refractivity contribution in [3.63, 3.8) is 0 Å². The van der Waals surface area contributed by atoms with Crippen molar-refractivity contribution >= 4 is 15.7 Å². The van der Waals surface area contributed by atoms with Gasteiger partial charge in [-0.05, 0) is 12.1 Å². The summed E-state index contributed by atoms with van der Waals surface area (Å²) < 4.78 is 26.8. The van der Waals surface area contributed by atoms with Gasteiger partial charge in [0.1, 0.15) is 11.5 Å². The van der Waals surface area contributed by atoms with Crippen molar-refractivity contribution in [3.05, 3.63) is 42.2 Å². The molecule has 1 aromatic heterocycles. The molecule has 0 spiro atoms. The van der Waals surface area contributed by atoms with Gasteiger partial charge in [-0.25, -0.2) is 8.42 Å². The van der Waals surface area contributed by atoms with Crippen LogP contribution >= 0.6 is 0 Å². The van der Waals surface area contributed by atoms with Gasteiger partial charge in [-0.15, -0.1) is 0 Å². The minimum absolute atomic E-state index is 0.0529. The highest BCUT2D eigenvalue weighted by molar-refractivity contribution is 7.92. The van der Waals surface area contributed by atoms with Crippen LogP contribution in [-0.2, 0) is 10.0 Å². The Kier molecular flexibility index (Phi) is 3.85. The second-order valence-corrected chi connectivity index (χ2v) is 5.20. The van der Waals surface area contributed by atoms with Crippen molar-refractivity contribution < 1.29 is 13.5 Å². The zero-order chi connectivity index (χ0) is 13.7. The molecule has 0 saturated carbocycles. The quantitative estimate of drug-likeness (QED) is 0.714. The van der Waals surface area contributed by atoms with Gasteiger partial charge in [0.05, 0.1) is 11.9 Å². The Morgan fingerprint density at radius 1 is 1.37 bits per heavy atom. The van der Waals surface area contributed by atoms with Crippen LogP contribution in [0.2, 0.25) is 0 Å². The molecule has 0 unspecified atom stereocenters. The largest absolute Gasteiger partial charge is 0.384 e. The molecule has 1 heterocycles. The lowest BCUT2D eigenvalue weighted by Gasteiger charge is -2.07. The number of benzene rings is 1. The minimum atomic E-state index is -3.74. The van der Waals surface area contributed by atoms with Crippen LogP contribution in [0.5, 0.6) is 0 Å². The lowest BCUT2D eigenvalue weighted by atomic mass is 10.2. The number of anilines is 1. The summed E-state index contributed by atoms with van der Waals surface area (Å²) in [4.78, 5) is 0.0529. The summed E-state index contributed by atoms with van der Waals surface area (Å²) in [7, 11) is -3.74. The number of aromatic amines is 1. The van der Waals surface area contributed by atoms with Crippen molar-refractivity contribution in [1.82, 2.24) is 10.2 Å². The fraction of sp³-hybridized carbons (Fsp3) is 0.0833. The summed E-state index contributed by atoms with van der Waals surface area (Å²) in [6.45, 7) is -0.330. The van der Waals surface area contributed by atoms with Gasteiger partial charge in [0, 0.05) is 11.8 Å². The standard InChI is InChI=1S/C12H11N3O3S/c16-7-3-5-10-4-1-2-6-12(10)19(17,18)15-11-8-13-14-9-11/h1-2,4,6,8-9,15-16H,7H2,(H,13,14). The maximum absolute atomic E-state index is 12.2. The third-order valence-corrected chi connectivity index (χ3v) is 3.67. The predicted molar refractivity (Wildman–Crippen MR) is 69.8 cm³/mol. The van der Waals surface area contributed by atoms with Gasteiger partial charge in [0.15, 0.2) is 0 Å². The highest BCUT2D eigenvalue weighted by atomic mass is 32.2. The van der Waals surface area contributed by atoms with Crippen LogP contribution in [0.4, 0.5) is 5.69 Å². The Bertz CT molecular complexity index is 712. The number of nitrogens with one attached hydrogen (secondary N) is 2. The van der Waals surface area contributed by atoms with Crippen LogP contribution in [0.3, 0.4) is 0 Å². The second-order valence-electron chi connectivity index (χ2n) is 3.55. The number of aliphatic hydroxyl groups excluding tert-OH is 1. The van der Waals surface area contributed by atoms with E-state index in [-0.39, 0.29) is 11.5 Å². The van der Waals surface area contributed by atoms with E-state index in [4.69, 9.17) is 5.11 Å². The van der Waals surface area contributed by atoms with Crippen LogP contribution in [0.15, 0.2) is 41.6 Å². The number of rotatable bonds is 3. The molecule has 0 fully saturated rings. The minimum Gasteiger partial charge on any atom is -0.384 e. The Morgan fingerprint density at radius 2 is 2.16 bits per heavy atom. The van der Waals surface area contributed by atoms with Crippen LogP contribution in [0.25, 0.3) is 0 Å². The molecular formula is C12H11N3O3S. The normalized spacial score (nSPS) is 10.6. The number of H-pyrrole nitrogens is 1. The molecule has 0 saturated heterocycles. The molecule has 2 aromatic rings. The first kappa shape index (κ1) is 13.1. The SMILES string of the molecule is O=S(=O)(Nc1cn[nH]c1)c1ccccc1C#CCO. The molecular weight excluding hydrogens is 266 g/mol. The van der Waals surface area contributed by atoms with Gasteiger partial charge in [-0.3, -0.25) is 9.82 Å². The van der Waals surface area contributed by atoms with Crippen molar-refractivity contribution in [2.24, 2.45) is 0 Å². The molecule has 98 valence electrons. The maximum atomic E-state index is 12.2. The van der Waals surface area contributed by atoms with Crippen LogP contribution < -0.4 is 4.72 Å². The predicted octanol–water partition coefficient (Wildman–Crippen LogP) is 0.554. The zero-order valence-electron chi connectivity index (χ0n) is 9.79. The molecule has 0 radical (unpaired) electrons.